The fraction of sp³-hybridized carbons (Fsp3) is 0.526. The van der Waals surface area contributed by atoms with Crippen LogP contribution in [0, 0.1) is 5.92 Å². The van der Waals surface area contributed by atoms with Gasteiger partial charge in [0.25, 0.3) is 5.91 Å². The Labute approximate surface area is 147 Å². The Balaban J connectivity index is 1.45. The third kappa shape index (κ3) is 2.90. The summed E-state index contributed by atoms with van der Waals surface area (Å²) >= 11 is 0. The van der Waals surface area contributed by atoms with Crippen LogP contribution in [0.2, 0.25) is 0 Å². The number of imide groups is 1. The molecule has 6 nitrogen and oxygen atoms in total. The highest BCUT2D eigenvalue weighted by Crippen LogP contribution is 2.31. The van der Waals surface area contributed by atoms with Crippen LogP contribution in [-0.4, -0.2) is 41.4 Å². The second-order valence-electron chi connectivity index (χ2n) is 7.21. The van der Waals surface area contributed by atoms with Crippen LogP contribution in [0.1, 0.15) is 38.5 Å². The van der Waals surface area contributed by atoms with Gasteiger partial charge in [0.2, 0.25) is 5.91 Å². The van der Waals surface area contributed by atoms with E-state index in [0.29, 0.717) is 25.1 Å². The van der Waals surface area contributed by atoms with Gasteiger partial charge in [0.15, 0.2) is 0 Å². The zero-order chi connectivity index (χ0) is 17.4. The lowest BCUT2D eigenvalue weighted by atomic mass is 9.96. The normalized spacial score (nSPS) is 26.9. The van der Waals surface area contributed by atoms with Crippen molar-refractivity contribution in [2.45, 2.75) is 50.6 Å². The largest absolute Gasteiger partial charge is 0.353 e. The average molecular weight is 341 g/mol. The zero-order valence-corrected chi connectivity index (χ0v) is 14.2. The maximum absolute atomic E-state index is 12.8. The summed E-state index contributed by atoms with van der Waals surface area (Å²) in [5, 5.41) is 3.12. The highest BCUT2D eigenvalue weighted by atomic mass is 16.2. The number of carbonyl (C=O) groups excluding carboxylic acids is 3. The van der Waals surface area contributed by atoms with Gasteiger partial charge in [0.1, 0.15) is 6.04 Å². The monoisotopic (exact) mass is 341 g/mol. The van der Waals surface area contributed by atoms with E-state index in [0.717, 1.165) is 25.7 Å². The lowest BCUT2D eigenvalue weighted by molar-refractivity contribution is -0.127. The van der Waals surface area contributed by atoms with Crippen LogP contribution in [0.25, 0.3) is 0 Å². The number of hydrogen-bond donors (Lipinski definition) is 1. The predicted molar refractivity (Wildman–Crippen MR) is 92.9 cm³/mol. The van der Waals surface area contributed by atoms with Crippen LogP contribution in [0.3, 0.4) is 0 Å². The molecule has 0 radical (unpaired) electrons. The minimum atomic E-state index is -0.463. The number of nitrogens with one attached hydrogen (secondary N) is 1. The number of rotatable bonds is 3. The number of para-hydroxylation sites is 1. The van der Waals surface area contributed by atoms with Gasteiger partial charge >= 0.3 is 6.03 Å². The Bertz CT molecular complexity index is 684. The van der Waals surface area contributed by atoms with Gasteiger partial charge in [-0.3, -0.25) is 9.59 Å². The van der Waals surface area contributed by atoms with E-state index in [1.165, 1.54) is 4.90 Å². The molecule has 3 aliphatic rings. The van der Waals surface area contributed by atoms with Crippen molar-refractivity contribution >= 4 is 23.5 Å². The number of anilines is 1. The maximum atomic E-state index is 12.8. The summed E-state index contributed by atoms with van der Waals surface area (Å²) in [6.07, 6.45) is 5.39. The van der Waals surface area contributed by atoms with E-state index in [-0.39, 0.29) is 29.8 Å². The highest BCUT2D eigenvalue weighted by molar-refractivity contribution is 6.21. The molecule has 6 heteroatoms. The van der Waals surface area contributed by atoms with Crippen LogP contribution in [0.4, 0.5) is 10.5 Å². The summed E-state index contributed by atoms with van der Waals surface area (Å²) in [7, 11) is 0. The van der Waals surface area contributed by atoms with Crippen LogP contribution in [0.15, 0.2) is 30.3 Å². The standard InChI is InChI=1S/C19H23N3O3/c23-17(13-6-4-5-7-13)20-14-10-11-21-16(12-14)18(24)22(19(21)25)15-8-2-1-3-9-15/h1-3,8-9,13-14,16H,4-7,10-12H2,(H,20,23). The Morgan fingerprint density at radius 1 is 1.04 bits per heavy atom. The summed E-state index contributed by atoms with van der Waals surface area (Å²) in [4.78, 5) is 40.7. The van der Waals surface area contributed by atoms with Crippen molar-refractivity contribution in [3.8, 4) is 0 Å². The third-order valence-electron chi connectivity index (χ3n) is 5.63. The molecule has 25 heavy (non-hydrogen) atoms. The SMILES string of the molecule is O=C(NC1CCN2C(=O)N(c3ccccc3)C(=O)C2C1)C1CCCC1. The smallest absolute Gasteiger partial charge is 0.332 e. The Morgan fingerprint density at radius 2 is 1.76 bits per heavy atom. The second kappa shape index (κ2) is 6.50. The second-order valence-corrected chi connectivity index (χ2v) is 7.21. The van der Waals surface area contributed by atoms with Crippen LogP contribution >= 0.6 is 0 Å². The molecule has 1 aromatic rings. The number of amides is 4. The molecule has 2 saturated heterocycles. The van der Waals surface area contributed by atoms with Crippen molar-refractivity contribution in [2.75, 3.05) is 11.4 Å². The molecule has 132 valence electrons. The summed E-state index contributed by atoms with van der Waals surface area (Å²) in [5.74, 6) is 0.0587. The summed E-state index contributed by atoms with van der Waals surface area (Å²) in [6, 6.07) is 8.30. The van der Waals surface area contributed by atoms with Gasteiger partial charge in [-0.1, -0.05) is 31.0 Å². The molecule has 1 N–H and O–H groups in total. The first kappa shape index (κ1) is 16.1. The van der Waals surface area contributed by atoms with Crippen LogP contribution < -0.4 is 10.2 Å². The zero-order valence-electron chi connectivity index (χ0n) is 14.2. The molecule has 2 heterocycles. The molecule has 1 aromatic carbocycles. The van der Waals surface area contributed by atoms with Crippen molar-refractivity contribution in [2.24, 2.45) is 5.92 Å². The van der Waals surface area contributed by atoms with E-state index in [4.69, 9.17) is 0 Å². The summed E-state index contributed by atoms with van der Waals surface area (Å²) in [5.41, 5.74) is 0.610. The topological polar surface area (TPSA) is 69.7 Å². The molecule has 1 aliphatic carbocycles. The maximum Gasteiger partial charge on any atom is 0.332 e. The van der Waals surface area contributed by atoms with Gasteiger partial charge in [-0.25, -0.2) is 9.69 Å². The van der Waals surface area contributed by atoms with E-state index in [9.17, 15) is 14.4 Å². The first-order chi connectivity index (χ1) is 12.1. The van der Waals surface area contributed by atoms with Gasteiger partial charge in [0, 0.05) is 18.5 Å². The highest BCUT2D eigenvalue weighted by Gasteiger charge is 2.48. The molecule has 4 rings (SSSR count). The Morgan fingerprint density at radius 3 is 2.48 bits per heavy atom. The van der Waals surface area contributed by atoms with Crippen molar-refractivity contribution in [3.05, 3.63) is 30.3 Å². The minimum absolute atomic E-state index is 0.0261. The summed E-state index contributed by atoms with van der Waals surface area (Å²) < 4.78 is 0. The van der Waals surface area contributed by atoms with Gasteiger partial charge in [0.05, 0.1) is 5.69 Å². The molecule has 0 bridgehead atoms. The van der Waals surface area contributed by atoms with Crippen LogP contribution in [-0.2, 0) is 9.59 Å². The van der Waals surface area contributed by atoms with Crippen molar-refractivity contribution in [3.63, 3.8) is 0 Å². The molecule has 2 atom stereocenters. The molecular weight excluding hydrogens is 318 g/mol. The molecular formula is C19H23N3O3. The molecule has 0 spiro atoms. The summed E-state index contributed by atoms with van der Waals surface area (Å²) in [6.45, 7) is 0.508. The van der Waals surface area contributed by atoms with E-state index >= 15 is 0 Å². The minimum Gasteiger partial charge on any atom is -0.353 e. The predicted octanol–water partition coefficient (Wildman–Crippen LogP) is 2.29. The number of hydrogen-bond acceptors (Lipinski definition) is 3. The van der Waals surface area contributed by atoms with E-state index in [1.54, 1.807) is 17.0 Å². The van der Waals surface area contributed by atoms with Gasteiger partial charge in [-0.05, 0) is 37.8 Å². The van der Waals surface area contributed by atoms with Gasteiger partial charge in [-0.2, -0.15) is 0 Å². The lowest BCUT2D eigenvalue weighted by Gasteiger charge is -2.33. The van der Waals surface area contributed by atoms with Crippen molar-refractivity contribution < 1.29 is 14.4 Å². The number of nitrogens with zero attached hydrogens (tertiary/aromatic N) is 2. The first-order valence-corrected chi connectivity index (χ1v) is 9.15. The molecule has 3 fully saturated rings. The molecule has 0 aromatic heterocycles. The molecule has 2 unspecified atom stereocenters. The van der Waals surface area contributed by atoms with Crippen molar-refractivity contribution in [1.29, 1.82) is 0 Å². The fourth-order valence-corrected chi connectivity index (χ4v) is 4.25. The third-order valence-corrected chi connectivity index (χ3v) is 5.63. The molecule has 1 saturated carbocycles. The van der Waals surface area contributed by atoms with E-state index in [2.05, 4.69) is 5.32 Å². The van der Waals surface area contributed by atoms with Crippen molar-refractivity contribution in [1.82, 2.24) is 10.2 Å². The number of fused-ring (bicyclic) bond motifs is 1. The first-order valence-electron chi connectivity index (χ1n) is 9.15. The number of piperidine rings is 1. The number of carbonyl (C=O) groups is 3. The van der Waals surface area contributed by atoms with Crippen LogP contribution in [0.5, 0.6) is 0 Å². The molecule has 2 aliphatic heterocycles. The van der Waals surface area contributed by atoms with Gasteiger partial charge in [-0.15, -0.1) is 0 Å². The fourth-order valence-electron chi connectivity index (χ4n) is 4.25. The Kier molecular flexibility index (Phi) is 4.19. The number of urea groups is 1. The lowest BCUT2D eigenvalue weighted by Crippen LogP contribution is -2.50. The number of benzene rings is 1. The quantitative estimate of drug-likeness (QED) is 0.858. The van der Waals surface area contributed by atoms with E-state index < -0.39 is 6.04 Å². The van der Waals surface area contributed by atoms with Gasteiger partial charge < -0.3 is 10.2 Å². The van der Waals surface area contributed by atoms with E-state index in [1.807, 2.05) is 18.2 Å². The molecule has 4 amide bonds. The Hall–Kier alpha value is -2.37. The average Bonchev–Trinajstić information content (AvgIpc) is 3.24.